The van der Waals surface area contributed by atoms with Crippen LogP contribution in [0, 0.1) is 11.8 Å². The first-order valence-electron chi connectivity index (χ1n) is 9.92. The molecule has 0 amide bonds. The molecule has 0 aromatic carbocycles. The summed E-state index contributed by atoms with van der Waals surface area (Å²) in [7, 11) is 4.31. The van der Waals surface area contributed by atoms with Crippen molar-refractivity contribution in [2.45, 2.75) is 66.5 Å². The highest BCUT2D eigenvalue weighted by Crippen LogP contribution is 2.15. The monoisotopic (exact) mass is 353 g/mol. The summed E-state index contributed by atoms with van der Waals surface area (Å²) in [6, 6.07) is 0.663. The highest BCUT2D eigenvalue weighted by molar-refractivity contribution is 5.08. The van der Waals surface area contributed by atoms with Gasteiger partial charge in [-0.15, -0.1) is 5.73 Å². The van der Waals surface area contributed by atoms with Crippen molar-refractivity contribution >= 4 is 0 Å². The molecule has 0 fully saturated rings. The van der Waals surface area contributed by atoms with Gasteiger partial charge in [0.25, 0.3) is 0 Å². The predicted molar refractivity (Wildman–Crippen MR) is 110 cm³/mol. The van der Waals surface area contributed by atoms with E-state index in [1.807, 2.05) is 0 Å². The molecular formula is C21H43N3O. The van der Waals surface area contributed by atoms with Gasteiger partial charge in [0.15, 0.2) is 0 Å². The van der Waals surface area contributed by atoms with Crippen molar-refractivity contribution < 1.29 is 4.74 Å². The molecule has 4 heteroatoms. The van der Waals surface area contributed by atoms with Crippen molar-refractivity contribution in [3.8, 4) is 0 Å². The van der Waals surface area contributed by atoms with E-state index >= 15 is 0 Å². The van der Waals surface area contributed by atoms with Gasteiger partial charge in [0.2, 0.25) is 0 Å². The molecule has 148 valence electrons. The van der Waals surface area contributed by atoms with Gasteiger partial charge in [-0.05, 0) is 38.3 Å². The second-order valence-electron chi connectivity index (χ2n) is 7.72. The Morgan fingerprint density at radius 1 is 1.04 bits per heavy atom. The van der Waals surface area contributed by atoms with E-state index in [0.29, 0.717) is 24.6 Å². The molecule has 0 aliphatic carbocycles. The SMILES string of the molecule is C=C=C([C@@H](NCOC[C@H](C(C)C)N(C)CCC)C(C)C)N(C)CCC. The lowest BCUT2D eigenvalue weighted by Gasteiger charge is -2.33. The van der Waals surface area contributed by atoms with Crippen molar-refractivity contribution in [1.29, 1.82) is 0 Å². The van der Waals surface area contributed by atoms with Gasteiger partial charge in [-0.3, -0.25) is 5.32 Å². The second kappa shape index (κ2) is 13.4. The summed E-state index contributed by atoms with van der Waals surface area (Å²) in [5, 5.41) is 3.55. The maximum absolute atomic E-state index is 6.01. The molecule has 0 saturated heterocycles. The zero-order valence-electron chi connectivity index (χ0n) is 18.1. The first-order valence-corrected chi connectivity index (χ1v) is 9.92. The van der Waals surface area contributed by atoms with E-state index in [4.69, 9.17) is 4.74 Å². The van der Waals surface area contributed by atoms with Gasteiger partial charge in [0.05, 0.1) is 25.1 Å². The van der Waals surface area contributed by atoms with Gasteiger partial charge in [-0.1, -0.05) is 48.1 Å². The summed E-state index contributed by atoms with van der Waals surface area (Å²) < 4.78 is 6.01. The Hall–Kier alpha value is -0.800. The zero-order chi connectivity index (χ0) is 19.4. The molecule has 0 saturated carbocycles. The lowest BCUT2D eigenvalue weighted by atomic mass is 10.0. The third-order valence-corrected chi connectivity index (χ3v) is 4.72. The van der Waals surface area contributed by atoms with Crippen molar-refractivity contribution in [3.63, 3.8) is 0 Å². The molecule has 1 N–H and O–H groups in total. The highest BCUT2D eigenvalue weighted by atomic mass is 16.5. The Morgan fingerprint density at radius 2 is 1.64 bits per heavy atom. The minimum absolute atomic E-state index is 0.208. The van der Waals surface area contributed by atoms with Crippen molar-refractivity contribution in [3.05, 3.63) is 18.0 Å². The number of likely N-dealkylation sites (N-methyl/N-ethyl adjacent to an activating group) is 2. The van der Waals surface area contributed by atoms with Crippen LogP contribution in [0.1, 0.15) is 54.4 Å². The third-order valence-electron chi connectivity index (χ3n) is 4.72. The number of ether oxygens (including phenoxy) is 1. The van der Waals surface area contributed by atoms with Crippen LogP contribution in [-0.2, 0) is 4.74 Å². The van der Waals surface area contributed by atoms with E-state index in [9.17, 15) is 0 Å². The smallest absolute Gasteiger partial charge is 0.0971 e. The Bertz CT molecular complexity index is 389. The molecule has 0 aliphatic heterocycles. The van der Waals surface area contributed by atoms with Crippen LogP contribution in [0.5, 0.6) is 0 Å². The number of hydrogen-bond donors (Lipinski definition) is 1. The maximum atomic E-state index is 6.01. The van der Waals surface area contributed by atoms with Gasteiger partial charge in [0, 0.05) is 19.6 Å². The standard InChI is InChI=1S/C21H43N3O/c1-10-13-23(8)19(12-3)21(18(6)7)22-16-25-15-20(17(4)5)24(9)14-11-2/h17-18,20-22H,3,10-11,13-16H2,1-2,4-9H3/t20-,21+/m1/s1. The van der Waals surface area contributed by atoms with Crippen molar-refractivity contribution in [2.24, 2.45) is 11.8 Å². The Balaban J connectivity index is 4.64. The number of nitrogens with one attached hydrogen (secondary N) is 1. The summed E-state index contributed by atoms with van der Waals surface area (Å²) in [5.74, 6) is 1.03. The highest BCUT2D eigenvalue weighted by Gasteiger charge is 2.22. The van der Waals surface area contributed by atoms with Crippen molar-refractivity contribution in [1.82, 2.24) is 15.1 Å². The van der Waals surface area contributed by atoms with Crippen LogP contribution in [0.15, 0.2) is 18.0 Å². The van der Waals surface area contributed by atoms with E-state index in [2.05, 4.69) is 83.1 Å². The van der Waals surface area contributed by atoms with E-state index in [0.717, 1.165) is 31.8 Å². The van der Waals surface area contributed by atoms with Gasteiger partial charge >= 0.3 is 0 Å². The molecule has 0 radical (unpaired) electrons. The van der Waals surface area contributed by atoms with E-state index < -0.39 is 0 Å². The third kappa shape index (κ3) is 8.91. The first-order chi connectivity index (χ1) is 11.8. The molecule has 2 atom stereocenters. The minimum Gasteiger partial charge on any atom is -0.370 e. The molecule has 0 aromatic rings. The van der Waals surface area contributed by atoms with Gasteiger partial charge in [-0.25, -0.2) is 0 Å². The maximum Gasteiger partial charge on any atom is 0.0971 e. The first kappa shape index (κ1) is 24.2. The lowest BCUT2D eigenvalue weighted by molar-refractivity contribution is 0.0360. The molecule has 0 unspecified atom stereocenters. The molecule has 0 aromatic heterocycles. The average Bonchev–Trinajstić information content (AvgIpc) is 2.53. The molecule has 25 heavy (non-hydrogen) atoms. The van der Waals surface area contributed by atoms with Crippen LogP contribution < -0.4 is 5.32 Å². The lowest BCUT2D eigenvalue weighted by Crippen LogP contribution is -2.44. The Kier molecular flexibility index (Phi) is 13.0. The molecule has 0 bridgehead atoms. The number of rotatable bonds is 14. The Morgan fingerprint density at radius 3 is 2.08 bits per heavy atom. The van der Waals surface area contributed by atoms with Gasteiger partial charge in [0.1, 0.15) is 0 Å². The number of nitrogens with zero attached hydrogens (tertiary/aromatic N) is 2. The summed E-state index contributed by atoms with van der Waals surface area (Å²) in [4.78, 5) is 4.66. The zero-order valence-corrected chi connectivity index (χ0v) is 18.1. The predicted octanol–water partition coefficient (Wildman–Crippen LogP) is 3.95. The van der Waals surface area contributed by atoms with Crippen LogP contribution in [0.4, 0.5) is 0 Å². The molecule has 4 nitrogen and oxygen atoms in total. The van der Waals surface area contributed by atoms with Crippen molar-refractivity contribution in [2.75, 3.05) is 40.5 Å². The fourth-order valence-corrected chi connectivity index (χ4v) is 3.26. The summed E-state index contributed by atoms with van der Waals surface area (Å²) in [6.45, 7) is 20.7. The van der Waals surface area contributed by atoms with Crippen LogP contribution in [0.2, 0.25) is 0 Å². The Labute approximate surface area is 157 Å². The van der Waals surface area contributed by atoms with Gasteiger partial charge < -0.3 is 14.5 Å². The van der Waals surface area contributed by atoms with Crippen LogP contribution in [0.25, 0.3) is 0 Å². The van der Waals surface area contributed by atoms with E-state index in [1.165, 1.54) is 6.42 Å². The normalized spacial score (nSPS) is 14.0. The quantitative estimate of drug-likeness (QED) is 0.291. The largest absolute Gasteiger partial charge is 0.370 e. The molecular weight excluding hydrogens is 310 g/mol. The van der Waals surface area contributed by atoms with Gasteiger partial charge in [-0.2, -0.15) is 0 Å². The summed E-state index contributed by atoms with van der Waals surface area (Å²) in [6.07, 6.45) is 2.29. The molecule has 0 heterocycles. The van der Waals surface area contributed by atoms with Crippen LogP contribution in [0.3, 0.4) is 0 Å². The average molecular weight is 354 g/mol. The van der Waals surface area contributed by atoms with E-state index in [1.54, 1.807) is 0 Å². The topological polar surface area (TPSA) is 27.7 Å². The molecule has 0 aliphatic rings. The van der Waals surface area contributed by atoms with E-state index in [-0.39, 0.29) is 6.04 Å². The summed E-state index contributed by atoms with van der Waals surface area (Å²) in [5.41, 5.74) is 4.27. The number of hydrogen-bond acceptors (Lipinski definition) is 4. The molecule has 0 rings (SSSR count). The van der Waals surface area contributed by atoms with Crippen LogP contribution >= 0.6 is 0 Å². The molecule has 0 spiro atoms. The fraction of sp³-hybridized carbons (Fsp3) is 0.857. The minimum atomic E-state index is 0.208. The van der Waals surface area contributed by atoms with Crippen LogP contribution in [-0.4, -0.2) is 62.4 Å². The second-order valence-corrected chi connectivity index (χ2v) is 7.72. The fourth-order valence-electron chi connectivity index (χ4n) is 3.26. The summed E-state index contributed by atoms with van der Waals surface area (Å²) >= 11 is 0.